The van der Waals surface area contributed by atoms with Gasteiger partial charge in [0.1, 0.15) is 6.61 Å². The van der Waals surface area contributed by atoms with Crippen molar-refractivity contribution in [3.63, 3.8) is 0 Å². The highest BCUT2D eigenvalue weighted by atomic mass is 32.1. The van der Waals surface area contributed by atoms with Crippen molar-refractivity contribution in [1.29, 1.82) is 0 Å². The lowest BCUT2D eigenvalue weighted by Gasteiger charge is -2.01. The zero-order valence-corrected chi connectivity index (χ0v) is 7.65. The van der Waals surface area contributed by atoms with Crippen LogP contribution in [0.1, 0.15) is 0 Å². The van der Waals surface area contributed by atoms with Gasteiger partial charge in [-0.05, 0) is 10.4 Å². The minimum Gasteiger partial charge on any atom is -0.461 e. The Balaban J connectivity index is 2.32. The summed E-state index contributed by atoms with van der Waals surface area (Å²) in [4.78, 5) is 10.6. The lowest BCUT2D eigenvalue weighted by molar-refractivity contribution is -0.138. The molecule has 0 spiro atoms. The lowest BCUT2D eigenvalue weighted by Crippen LogP contribution is -2.10. The van der Waals surface area contributed by atoms with Crippen LogP contribution in [0.25, 0.3) is 0 Å². The Hall–Kier alpha value is -1.37. The van der Waals surface area contributed by atoms with Crippen molar-refractivity contribution < 1.29 is 9.53 Å². The maximum absolute atomic E-state index is 10.6. The van der Waals surface area contributed by atoms with Crippen molar-refractivity contribution in [3.05, 3.63) is 12.7 Å². The molecule has 0 aliphatic carbocycles. The predicted molar refractivity (Wildman–Crippen MR) is 46.2 cm³/mol. The number of hydrogen-bond acceptors (Lipinski definition) is 6. The summed E-state index contributed by atoms with van der Waals surface area (Å²) in [7, 11) is 0. The standard InChI is InChI=1S/C6H8N4O2S/c1-2-5(11)12-4-3-10-6(13)7-8-9-10/h2H,1,3-4H2,(H,7,9,13). The predicted octanol–water partition coefficient (Wildman–Crippen LogP) is -0.309. The molecule has 1 aromatic rings. The number of thiol groups is 1. The molecule has 13 heavy (non-hydrogen) atoms. The number of ether oxygens (including phenoxy) is 1. The van der Waals surface area contributed by atoms with Gasteiger partial charge in [0, 0.05) is 6.08 Å². The highest BCUT2D eigenvalue weighted by molar-refractivity contribution is 7.80. The molecule has 0 radical (unpaired) electrons. The topological polar surface area (TPSA) is 69.9 Å². The largest absolute Gasteiger partial charge is 0.461 e. The molecule has 0 aromatic carbocycles. The van der Waals surface area contributed by atoms with Crippen molar-refractivity contribution in [3.8, 4) is 0 Å². The van der Waals surface area contributed by atoms with Crippen LogP contribution in [0, 0.1) is 0 Å². The monoisotopic (exact) mass is 200 g/mol. The van der Waals surface area contributed by atoms with Crippen LogP contribution in [0.3, 0.4) is 0 Å². The van der Waals surface area contributed by atoms with Gasteiger partial charge >= 0.3 is 5.97 Å². The van der Waals surface area contributed by atoms with E-state index >= 15 is 0 Å². The Morgan fingerprint density at radius 1 is 1.77 bits per heavy atom. The first-order chi connectivity index (χ1) is 6.24. The van der Waals surface area contributed by atoms with Gasteiger partial charge in [-0.3, -0.25) is 0 Å². The highest BCUT2D eigenvalue weighted by Gasteiger charge is 2.01. The van der Waals surface area contributed by atoms with Gasteiger partial charge < -0.3 is 4.74 Å². The van der Waals surface area contributed by atoms with Crippen LogP contribution in [-0.2, 0) is 16.1 Å². The summed E-state index contributed by atoms with van der Waals surface area (Å²) in [6, 6.07) is 0. The number of hydrogen-bond donors (Lipinski definition) is 1. The Morgan fingerprint density at radius 2 is 2.54 bits per heavy atom. The van der Waals surface area contributed by atoms with E-state index in [1.807, 2.05) is 0 Å². The summed E-state index contributed by atoms with van der Waals surface area (Å²) in [5, 5.41) is 10.9. The smallest absolute Gasteiger partial charge is 0.330 e. The van der Waals surface area contributed by atoms with E-state index in [2.05, 4.69) is 34.7 Å². The summed E-state index contributed by atoms with van der Waals surface area (Å²) < 4.78 is 6.13. The Bertz CT molecular complexity index is 311. The first kappa shape index (κ1) is 9.72. The first-order valence-electron chi connectivity index (χ1n) is 3.48. The fraction of sp³-hybridized carbons (Fsp3) is 0.333. The van der Waals surface area contributed by atoms with Crippen molar-refractivity contribution in [2.45, 2.75) is 11.7 Å². The zero-order chi connectivity index (χ0) is 9.68. The third kappa shape index (κ3) is 2.86. The third-order valence-electron chi connectivity index (χ3n) is 1.23. The van der Waals surface area contributed by atoms with Gasteiger partial charge in [0.15, 0.2) is 0 Å². The average molecular weight is 200 g/mol. The molecule has 0 saturated carbocycles. The van der Waals surface area contributed by atoms with E-state index in [9.17, 15) is 4.79 Å². The molecule has 0 aliphatic rings. The number of rotatable bonds is 4. The number of tetrazole rings is 1. The summed E-state index contributed by atoms with van der Waals surface area (Å²) in [6.07, 6.45) is 1.10. The molecule has 1 heterocycles. The van der Waals surface area contributed by atoms with Crippen LogP contribution in [0.4, 0.5) is 0 Å². The summed E-state index contributed by atoms with van der Waals surface area (Å²) in [6.45, 7) is 3.84. The van der Waals surface area contributed by atoms with Crippen LogP contribution in [0.15, 0.2) is 17.8 Å². The molecule has 70 valence electrons. The van der Waals surface area contributed by atoms with E-state index in [1.165, 1.54) is 4.68 Å². The maximum Gasteiger partial charge on any atom is 0.330 e. The maximum atomic E-state index is 10.6. The SMILES string of the molecule is C=CC(=O)OCCn1nnnc1S. The molecule has 0 amide bonds. The van der Waals surface area contributed by atoms with Crippen LogP contribution in [0.2, 0.25) is 0 Å². The summed E-state index contributed by atoms with van der Waals surface area (Å²) in [5.41, 5.74) is 0. The fourth-order valence-corrected chi connectivity index (χ4v) is 0.816. The number of nitrogens with zero attached hydrogens (tertiary/aromatic N) is 4. The second kappa shape index (κ2) is 4.61. The van der Waals surface area contributed by atoms with Crippen LogP contribution in [-0.4, -0.2) is 32.8 Å². The Morgan fingerprint density at radius 3 is 3.08 bits per heavy atom. The number of esters is 1. The number of carbonyl (C=O) groups is 1. The van der Waals surface area contributed by atoms with Gasteiger partial charge in [-0.1, -0.05) is 6.58 Å². The van der Waals surface area contributed by atoms with E-state index in [0.717, 1.165) is 6.08 Å². The van der Waals surface area contributed by atoms with Crippen LogP contribution >= 0.6 is 12.6 Å². The van der Waals surface area contributed by atoms with E-state index in [0.29, 0.717) is 11.7 Å². The number of carbonyl (C=O) groups excluding carboxylic acids is 1. The Labute approximate surface area is 80.0 Å². The molecule has 6 nitrogen and oxygen atoms in total. The third-order valence-corrected chi connectivity index (χ3v) is 1.55. The molecule has 0 atom stereocenters. The highest BCUT2D eigenvalue weighted by Crippen LogP contribution is 1.96. The first-order valence-corrected chi connectivity index (χ1v) is 3.93. The van der Waals surface area contributed by atoms with Gasteiger partial charge in [0.05, 0.1) is 6.54 Å². The van der Waals surface area contributed by atoms with Gasteiger partial charge in [-0.2, -0.15) is 0 Å². The minimum atomic E-state index is -0.464. The second-order valence-corrected chi connectivity index (χ2v) is 2.47. The van der Waals surface area contributed by atoms with E-state index < -0.39 is 5.97 Å². The van der Waals surface area contributed by atoms with Crippen LogP contribution < -0.4 is 0 Å². The summed E-state index contributed by atoms with van der Waals surface area (Å²) >= 11 is 3.96. The average Bonchev–Trinajstić information content (AvgIpc) is 2.52. The van der Waals surface area contributed by atoms with Crippen molar-refractivity contribution in [1.82, 2.24) is 20.2 Å². The van der Waals surface area contributed by atoms with E-state index in [-0.39, 0.29) is 6.61 Å². The van der Waals surface area contributed by atoms with Crippen LogP contribution in [0.5, 0.6) is 0 Å². The van der Waals surface area contributed by atoms with Gasteiger partial charge in [-0.15, -0.1) is 17.7 Å². The molecule has 0 unspecified atom stereocenters. The van der Waals surface area contributed by atoms with Crippen molar-refractivity contribution in [2.75, 3.05) is 6.61 Å². The van der Waals surface area contributed by atoms with Gasteiger partial charge in [-0.25, -0.2) is 9.48 Å². The molecule has 0 fully saturated rings. The molecule has 1 aromatic heterocycles. The van der Waals surface area contributed by atoms with E-state index in [4.69, 9.17) is 4.74 Å². The molecule has 7 heteroatoms. The van der Waals surface area contributed by atoms with E-state index in [1.54, 1.807) is 0 Å². The molecule has 1 rings (SSSR count). The molecular formula is C6H8N4O2S. The second-order valence-electron chi connectivity index (χ2n) is 2.07. The van der Waals surface area contributed by atoms with Crippen molar-refractivity contribution >= 4 is 18.6 Å². The molecule has 0 aliphatic heterocycles. The molecule has 0 bridgehead atoms. The Kier molecular flexibility index (Phi) is 3.44. The lowest BCUT2D eigenvalue weighted by atomic mass is 10.6. The molecule has 0 saturated heterocycles. The quantitative estimate of drug-likeness (QED) is 0.410. The van der Waals surface area contributed by atoms with Crippen molar-refractivity contribution in [2.24, 2.45) is 0 Å². The van der Waals surface area contributed by atoms with Gasteiger partial charge in [0.25, 0.3) is 0 Å². The molecule has 0 N–H and O–H groups in total. The zero-order valence-electron chi connectivity index (χ0n) is 6.75. The summed E-state index contributed by atoms with van der Waals surface area (Å²) in [5.74, 6) is -0.464. The normalized spacial score (nSPS) is 9.62. The van der Waals surface area contributed by atoms with Gasteiger partial charge in [0.2, 0.25) is 5.16 Å². The number of aromatic nitrogens is 4. The molecular weight excluding hydrogens is 192 g/mol. The fourth-order valence-electron chi connectivity index (χ4n) is 0.636. The minimum absolute atomic E-state index is 0.198.